The smallest absolute Gasteiger partial charge is 0.199 e. The van der Waals surface area contributed by atoms with Crippen LogP contribution in [0.5, 0.6) is 0 Å². The Hall–Kier alpha value is -2.30. The maximum Gasteiger partial charge on any atom is 0.199 e. The van der Waals surface area contributed by atoms with Crippen LogP contribution in [0, 0.1) is 0 Å². The average Bonchev–Trinajstić information content (AvgIpc) is 2.75. The molecule has 0 spiro atoms. The van der Waals surface area contributed by atoms with E-state index in [9.17, 15) is 0 Å². The molecule has 0 saturated carbocycles. The highest BCUT2D eigenvalue weighted by Gasteiger charge is 2.11. The first-order valence-electron chi connectivity index (χ1n) is 5.37. The lowest BCUT2D eigenvalue weighted by molar-refractivity contribution is 1.07. The molecule has 0 radical (unpaired) electrons. The van der Waals surface area contributed by atoms with Gasteiger partial charge in [0.05, 0.1) is 16.4 Å². The van der Waals surface area contributed by atoms with Crippen molar-refractivity contribution in [2.75, 3.05) is 24.7 Å². The van der Waals surface area contributed by atoms with Crippen LogP contribution in [0.25, 0.3) is 21.8 Å². The van der Waals surface area contributed by atoms with Gasteiger partial charge in [-0.1, -0.05) is 0 Å². The van der Waals surface area contributed by atoms with E-state index < -0.39 is 0 Å². The molecule has 0 unspecified atom stereocenters. The fraction of sp³-hybridized carbons (Fsp3) is 0.167. The number of nitrogen functional groups attached to an aromatic ring is 1. The number of anilines is 2. The van der Waals surface area contributed by atoms with Crippen molar-refractivity contribution in [2.24, 2.45) is 0 Å². The molecule has 17 heavy (non-hydrogen) atoms. The first-order valence-corrected chi connectivity index (χ1v) is 5.37. The van der Waals surface area contributed by atoms with E-state index in [4.69, 9.17) is 5.73 Å². The van der Waals surface area contributed by atoms with Crippen molar-refractivity contribution in [3.8, 4) is 0 Å². The van der Waals surface area contributed by atoms with Crippen molar-refractivity contribution in [3.63, 3.8) is 0 Å². The van der Waals surface area contributed by atoms with Crippen LogP contribution in [0.4, 0.5) is 11.8 Å². The second-order valence-corrected chi connectivity index (χ2v) is 4.21. The summed E-state index contributed by atoms with van der Waals surface area (Å²) in [5.74, 6) is 1.27. The molecule has 2 heterocycles. The van der Waals surface area contributed by atoms with Crippen LogP contribution < -0.4 is 10.6 Å². The number of nitrogens with zero attached hydrogens (tertiary/aromatic N) is 3. The van der Waals surface area contributed by atoms with Crippen LogP contribution in [-0.2, 0) is 0 Å². The Morgan fingerprint density at radius 2 is 2.06 bits per heavy atom. The predicted octanol–water partition coefficient (Wildman–Crippen LogP) is 1.76. The molecule has 3 rings (SSSR count). The number of nitrogens with two attached hydrogens (primary N) is 1. The molecule has 5 heteroatoms. The van der Waals surface area contributed by atoms with Crippen LogP contribution in [0.15, 0.2) is 24.4 Å². The third kappa shape index (κ3) is 1.39. The molecule has 0 fully saturated rings. The van der Waals surface area contributed by atoms with Gasteiger partial charge in [-0.3, -0.25) is 4.98 Å². The quantitative estimate of drug-likeness (QED) is 0.664. The van der Waals surface area contributed by atoms with Gasteiger partial charge < -0.3 is 15.6 Å². The van der Waals surface area contributed by atoms with Crippen LogP contribution in [0.1, 0.15) is 0 Å². The number of fused-ring (bicyclic) bond motifs is 3. The number of rotatable bonds is 1. The fourth-order valence-corrected chi connectivity index (χ4v) is 2.09. The molecule has 2 aromatic heterocycles. The number of aromatic nitrogens is 3. The zero-order valence-electron chi connectivity index (χ0n) is 9.73. The summed E-state index contributed by atoms with van der Waals surface area (Å²) in [6.45, 7) is 0. The summed E-state index contributed by atoms with van der Waals surface area (Å²) in [7, 11) is 3.91. The van der Waals surface area contributed by atoms with Gasteiger partial charge in [-0.15, -0.1) is 0 Å². The van der Waals surface area contributed by atoms with Crippen LogP contribution >= 0.6 is 0 Å². The molecule has 0 amide bonds. The summed E-state index contributed by atoms with van der Waals surface area (Å²) < 4.78 is 0. The Bertz CT molecular complexity index is 699. The Kier molecular flexibility index (Phi) is 1.95. The SMILES string of the molecule is CN(C)c1nc(N)[nH]c2ccc3nccc3c12. The third-order valence-corrected chi connectivity index (χ3v) is 2.81. The van der Waals surface area contributed by atoms with E-state index in [0.717, 1.165) is 27.6 Å². The largest absolute Gasteiger partial charge is 0.369 e. The highest BCUT2D eigenvalue weighted by atomic mass is 15.2. The minimum absolute atomic E-state index is 0.417. The molecule has 5 nitrogen and oxygen atoms in total. The van der Waals surface area contributed by atoms with Gasteiger partial charge >= 0.3 is 0 Å². The van der Waals surface area contributed by atoms with Gasteiger partial charge in [-0.2, -0.15) is 4.98 Å². The van der Waals surface area contributed by atoms with Crippen molar-refractivity contribution in [2.45, 2.75) is 0 Å². The number of benzene rings is 1. The number of hydrogen-bond donors (Lipinski definition) is 2. The van der Waals surface area contributed by atoms with E-state index in [-0.39, 0.29) is 0 Å². The first kappa shape index (κ1) is 9.89. The summed E-state index contributed by atoms with van der Waals surface area (Å²) >= 11 is 0. The zero-order chi connectivity index (χ0) is 12.0. The Balaban J connectivity index is 2.55. The minimum atomic E-state index is 0.417. The lowest BCUT2D eigenvalue weighted by atomic mass is 10.1. The van der Waals surface area contributed by atoms with Gasteiger partial charge in [0.2, 0.25) is 0 Å². The number of hydrogen-bond acceptors (Lipinski definition) is 4. The summed E-state index contributed by atoms with van der Waals surface area (Å²) in [5.41, 5.74) is 7.72. The lowest BCUT2D eigenvalue weighted by Gasteiger charge is -2.15. The van der Waals surface area contributed by atoms with Crippen molar-refractivity contribution in [1.82, 2.24) is 15.0 Å². The van der Waals surface area contributed by atoms with Crippen LogP contribution in [0.2, 0.25) is 0 Å². The molecular weight excluding hydrogens is 214 g/mol. The molecule has 0 bridgehead atoms. The monoisotopic (exact) mass is 227 g/mol. The van der Waals surface area contributed by atoms with Gasteiger partial charge in [-0.05, 0) is 18.2 Å². The Morgan fingerprint density at radius 1 is 1.24 bits per heavy atom. The highest BCUT2D eigenvalue weighted by molar-refractivity contribution is 6.10. The summed E-state index contributed by atoms with van der Waals surface area (Å²) in [4.78, 5) is 13.7. The van der Waals surface area contributed by atoms with Crippen LogP contribution in [0.3, 0.4) is 0 Å². The molecule has 0 aliphatic rings. The second kappa shape index (κ2) is 3.35. The fourth-order valence-electron chi connectivity index (χ4n) is 2.09. The van der Waals surface area contributed by atoms with E-state index in [1.165, 1.54) is 0 Å². The number of aromatic amines is 1. The predicted molar refractivity (Wildman–Crippen MR) is 70.1 cm³/mol. The molecule has 1 aromatic carbocycles. The van der Waals surface area contributed by atoms with Crippen molar-refractivity contribution in [1.29, 1.82) is 0 Å². The van der Waals surface area contributed by atoms with Crippen molar-refractivity contribution < 1.29 is 0 Å². The lowest BCUT2D eigenvalue weighted by Crippen LogP contribution is -2.13. The van der Waals surface area contributed by atoms with E-state index >= 15 is 0 Å². The number of nitrogens with one attached hydrogen (secondary N) is 1. The Labute approximate surface area is 98.3 Å². The highest BCUT2D eigenvalue weighted by Crippen LogP contribution is 2.30. The molecule has 3 N–H and O–H groups in total. The van der Waals surface area contributed by atoms with E-state index in [1.807, 2.05) is 37.2 Å². The average molecular weight is 227 g/mol. The van der Waals surface area contributed by atoms with E-state index in [2.05, 4.69) is 15.0 Å². The molecule has 0 aliphatic heterocycles. The Morgan fingerprint density at radius 3 is 2.82 bits per heavy atom. The maximum atomic E-state index is 5.77. The third-order valence-electron chi connectivity index (χ3n) is 2.81. The molecule has 0 saturated heterocycles. The molecular formula is C12H13N5. The number of H-pyrrole nitrogens is 1. The second-order valence-electron chi connectivity index (χ2n) is 4.21. The molecule has 0 atom stereocenters. The maximum absolute atomic E-state index is 5.77. The van der Waals surface area contributed by atoms with Crippen LogP contribution in [-0.4, -0.2) is 29.0 Å². The molecule has 3 aromatic rings. The molecule has 0 aliphatic carbocycles. The van der Waals surface area contributed by atoms with Crippen molar-refractivity contribution >= 4 is 33.6 Å². The van der Waals surface area contributed by atoms with Gasteiger partial charge in [0, 0.05) is 25.7 Å². The van der Waals surface area contributed by atoms with Crippen molar-refractivity contribution in [3.05, 3.63) is 24.4 Å². The zero-order valence-corrected chi connectivity index (χ0v) is 9.73. The summed E-state index contributed by atoms with van der Waals surface area (Å²) in [6.07, 6.45) is 1.81. The topological polar surface area (TPSA) is 70.8 Å². The van der Waals surface area contributed by atoms with Gasteiger partial charge in [-0.25, -0.2) is 0 Å². The van der Waals surface area contributed by atoms with E-state index in [1.54, 1.807) is 6.20 Å². The standard InChI is InChI=1S/C12H13N5/c1-17(2)11-10-7-5-6-14-8(7)3-4-9(10)15-12(13)16-11/h3-6H,1-2H3,(H3,13,15,16). The van der Waals surface area contributed by atoms with Gasteiger partial charge in [0.15, 0.2) is 5.95 Å². The summed E-state index contributed by atoms with van der Waals surface area (Å²) in [5, 5.41) is 2.15. The molecule has 86 valence electrons. The minimum Gasteiger partial charge on any atom is -0.369 e. The summed E-state index contributed by atoms with van der Waals surface area (Å²) in [6, 6.07) is 5.96. The van der Waals surface area contributed by atoms with Gasteiger partial charge in [0.25, 0.3) is 0 Å². The first-order chi connectivity index (χ1) is 8.16. The normalized spacial score (nSPS) is 11.2. The van der Waals surface area contributed by atoms with Gasteiger partial charge in [0.1, 0.15) is 5.82 Å². The van der Waals surface area contributed by atoms with E-state index in [0.29, 0.717) is 5.95 Å².